The Morgan fingerprint density at radius 3 is 2.30 bits per heavy atom. The number of carbonyl (C=O) groups is 2. The van der Waals surface area contributed by atoms with E-state index in [4.69, 9.17) is 0 Å². The van der Waals surface area contributed by atoms with Crippen molar-refractivity contribution in [2.24, 2.45) is 0 Å². The monoisotopic (exact) mass is 300 g/mol. The third-order valence-electron chi connectivity index (χ3n) is 2.31. The summed E-state index contributed by atoms with van der Waals surface area (Å²) < 4.78 is 28.6. The molecule has 1 aromatic carbocycles. The molecule has 20 heavy (non-hydrogen) atoms. The molecule has 0 fully saturated rings. The summed E-state index contributed by atoms with van der Waals surface area (Å²) in [5.74, 6) is -1.09. The van der Waals surface area contributed by atoms with Crippen molar-refractivity contribution in [2.75, 3.05) is 18.7 Å². The highest BCUT2D eigenvalue weighted by Gasteiger charge is 2.09. The number of benzene rings is 1. The fourth-order valence-corrected chi connectivity index (χ4v) is 1.76. The van der Waals surface area contributed by atoms with Crippen LogP contribution in [0, 0.1) is 0 Å². The smallest absolute Gasteiger partial charge is 0.315 e. The lowest BCUT2D eigenvalue weighted by atomic mass is 10.2. The van der Waals surface area contributed by atoms with E-state index in [1.807, 2.05) is 0 Å². The van der Waals surface area contributed by atoms with E-state index in [-0.39, 0.29) is 13.0 Å². The van der Waals surface area contributed by atoms with Gasteiger partial charge in [0.25, 0.3) is 0 Å². The number of rotatable bonds is 6. The molecule has 1 aromatic rings. The number of esters is 1. The van der Waals surface area contributed by atoms with Gasteiger partial charge in [-0.1, -0.05) is 12.1 Å². The molecular formula is C12H16N2O5S. The lowest BCUT2D eigenvalue weighted by Gasteiger charge is -2.06. The van der Waals surface area contributed by atoms with Gasteiger partial charge in [0.15, 0.2) is 0 Å². The van der Waals surface area contributed by atoms with Crippen molar-refractivity contribution < 1.29 is 22.7 Å². The normalized spacial score (nSPS) is 10.9. The van der Waals surface area contributed by atoms with Gasteiger partial charge in [0.05, 0.1) is 13.4 Å². The zero-order valence-electron chi connectivity index (χ0n) is 11.2. The molecule has 8 heteroatoms. The Morgan fingerprint density at radius 1 is 1.20 bits per heavy atom. The molecular weight excluding hydrogens is 284 g/mol. The van der Waals surface area contributed by atoms with Crippen LogP contribution in [0.5, 0.6) is 0 Å². The van der Waals surface area contributed by atoms with Crippen LogP contribution in [-0.4, -0.2) is 33.7 Å². The van der Waals surface area contributed by atoms with Gasteiger partial charge in [0.1, 0.15) is 6.42 Å². The summed E-state index contributed by atoms with van der Waals surface area (Å²) in [6, 6.07) is 6.58. The second-order valence-electron chi connectivity index (χ2n) is 4.09. The Morgan fingerprint density at radius 2 is 1.80 bits per heavy atom. The summed E-state index contributed by atoms with van der Waals surface area (Å²) >= 11 is 0. The van der Waals surface area contributed by atoms with Crippen LogP contribution in [0.15, 0.2) is 24.3 Å². The molecule has 0 saturated heterocycles. The number of anilines is 1. The summed E-state index contributed by atoms with van der Waals surface area (Å²) in [7, 11) is -2.03. The van der Waals surface area contributed by atoms with Gasteiger partial charge in [-0.2, -0.15) is 0 Å². The minimum atomic E-state index is -3.24. The summed E-state index contributed by atoms with van der Waals surface area (Å²) in [4.78, 5) is 22.3. The van der Waals surface area contributed by atoms with Gasteiger partial charge in [-0.25, -0.2) is 13.1 Å². The Hall–Kier alpha value is -1.93. The Labute approximate surface area is 117 Å². The van der Waals surface area contributed by atoms with Crippen LogP contribution >= 0.6 is 0 Å². The highest BCUT2D eigenvalue weighted by Crippen LogP contribution is 2.10. The van der Waals surface area contributed by atoms with Gasteiger partial charge in [-0.15, -0.1) is 0 Å². The summed E-state index contributed by atoms with van der Waals surface area (Å²) in [6.07, 6.45) is 0.724. The fraction of sp³-hybridized carbons (Fsp3) is 0.333. The van der Waals surface area contributed by atoms with Crippen molar-refractivity contribution in [3.05, 3.63) is 29.8 Å². The number of sulfonamides is 1. The maximum Gasteiger partial charge on any atom is 0.315 e. The third kappa shape index (κ3) is 6.30. The first-order valence-corrected chi connectivity index (χ1v) is 7.59. The first-order chi connectivity index (χ1) is 9.30. The number of hydrogen-bond acceptors (Lipinski definition) is 5. The van der Waals surface area contributed by atoms with Gasteiger partial charge in [-0.05, 0) is 17.7 Å². The molecule has 0 aliphatic rings. The Kier molecular flexibility index (Phi) is 5.66. The molecule has 0 atom stereocenters. The molecule has 110 valence electrons. The van der Waals surface area contributed by atoms with Crippen LogP contribution in [-0.2, 0) is 30.9 Å². The maximum absolute atomic E-state index is 11.4. The molecule has 0 bridgehead atoms. The predicted octanol–water partition coefficient (Wildman–Crippen LogP) is 0.237. The van der Waals surface area contributed by atoms with E-state index in [0.29, 0.717) is 5.69 Å². The van der Waals surface area contributed by atoms with Crippen LogP contribution in [0.1, 0.15) is 12.0 Å². The van der Waals surface area contributed by atoms with Gasteiger partial charge in [0.2, 0.25) is 15.9 Å². The van der Waals surface area contributed by atoms with Crippen LogP contribution in [0.4, 0.5) is 5.69 Å². The number of carbonyl (C=O) groups excluding carboxylic acids is 2. The first kappa shape index (κ1) is 16.1. The van der Waals surface area contributed by atoms with Crippen molar-refractivity contribution in [1.82, 2.24) is 4.72 Å². The van der Waals surface area contributed by atoms with E-state index in [2.05, 4.69) is 14.8 Å². The molecule has 0 aliphatic carbocycles. The van der Waals surface area contributed by atoms with Crippen LogP contribution < -0.4 is 10.0 Å². The molecule has 1 amide bonds. The van der Waals surface area contributed by atoms with Crippen LogP contribution in [0.25, 0.3) is 0 Å². The number of nitrogens with one attached hydrogen (secondary N) is 2. The Bertz CT molecular complexity index is 580. The molecule has 0 saturated carbocycles. The molecule has 7 nitrogen and oxygen atoms in total. The molecule has 0 unspecified atom stereocenters. The predicted molar refractivity (Wildman–Crippen MR) is 73.4 cm³/mol. The molecule has 0 aliphatic heterocycles. The molecule has 0 spiro atoms. The molecule has 2 N–H and O–H groups in total. The van der Waals surface area contributed by atoms with E-state index in [1.54, 1.807) is 24.3 Å². The number of hydrogen-bond donors (Lipinski definition) is 2. The average molecular weight is 300 g/mol. The second kappa shape index (κ2) is 7.01. The third-order valence-corrected chi connectivity index (χ3v) is 2.98. The first-order valence-electron chi connectivity index (χ1n) is 5.70. The quantitative estimate of drug-likeness (QED) is 0.579. The van der Waals surface area contributed by atoms with E-state index < -0.39 is 21.9 Å². The largest absolute Gasteiger partial charge is 0.469 e. The molecule has 0 aromatic heterocycles. The maximum atomic E-state index is 11.4. The molecule has 0 heterocycles. The second-order valence-corrected chi connectivity index (χ2v) is 5.92. The van der Waals surface area contributed by atoms with Crippen molar-refractivity contribution in [3.63, 3.8) is 0 Å². The Balaban J connectivity index is 2.54. The highest BCUT2D eigenvalue weighted by molar-refractivity contribution is 7.88. The topological polar surface area (TPSA) is 102 Å². The van der Waals surface area contributed by atoms with Crippen molar-refractivity contribution >= 4 is 27.6 Å². The van der Waals surface area contributed by atoms with E-state index in [1.165, 1.54) is 7.11 Å². The fourth-order valence-electron chi connectivity index (χ4n) is 1.33. The summed E-state index contributed by atoms with van der Waals surface area (Å²) in [5.41, 5.74) is 1.27. The minimum absolute atomic E-state index is 0.176. The van der Waals surface area contributed by atoms with Crippen molar-refractivity contribution in [2.45, 2.75) is 13.0 Å². The lowest BCUT2D eigenvalue weighted by Crippen LogP contribution is -2.21. The average Bonchev–Trinajstić information content (AvgIpc) is 2.36. The van der Waals surface area contributed by atoms with E-state index in [0.717, 1.165) is 11.8 Å². The van der Waals surface area contributed by atoms with Crippen molar-refractivity contribution in [1.29, 1.82) is 0 Å². The van der Waals surface area contributed by atoms with Gasteiger partial charge in [0, 0.05) is 12.2 Å². The SMILES string of the molecule is COC(=O)CC(=O)Nc1ccc(CNS(C)(=O)=O)cc1. The van der Waals surface area contributed by atoms with Gasteiger partial charge in [-0.3, -0.25) is 9.59 Å². The minimum Gasteiger partial charge on any atom is -0.469 e. The highest BCUT2D eigenvalue weighted by atomic mass is 32.2. The molecule has 1 rings (SSSR count). The van der Waals surface area contributed by atoms with E-state index in [9.17, 15) is 18.0 Å². The zero-order valence-corrected chi connectivity index (χ0v) is 12.0. The number of amides is 1. The zero-order chi connectivity index (χ0) is 15.2. The molecule has 0 radical (unpaired) electrons. The number of ether oxygens (including phenoxy) is 1. The van der Waals surface area contributed by atoms with Gasteiger partial charge < -0.3 is 10.1 Å². The number of methoxy groups -OCH3 is 1. The van der Waals surface area contributed by atoms with Crippen LogP contribution in [0.2, 0.25) is 0 Å². The summed E-state index contributed by atoms with van der Waals surface area (Å²) in [6.45, 7) is 0.176. The summed E-state index contributed by atoms with van der Waals surface area (Å²) in [5, 5.41) is 2.53. The standard InChI is InChI=1S/C12H16N2O5S/c1-19-12(16)7-11(15)14-10-5-3-9(4-6-10)8-13-20(2,17)18/h3-6,13H,7-8H2,1-2H3,(H,14,15). The lowest BCUT2D eigenvalue weighted by molar-refractivity contribution is -0.142. The van der Waals surface area contributed by atoms with Crippen LogP contribution in [0.3, 0.4) is 0 Å². The van der Waals surface area contributed by atoms with E-state index >= 15 is 0 Å². The van der Waals surface area contributed by atoms with Crippen molar-refractivity contribution in [3.8, 4) is 0 Å². The van der Waals surface area contributed by atoms with Gasteiger partial charge >= 0.3 is 5.97 Å².